The minimum Gasteiger partial charge on any atom is -0.400 e. The molecule has 0 spiro atoms. The maximum Gasteiger partial charge on any atom is 0.160 e. The zero-order chi connectivity index (χ0) is 22.1. The van der Waals surface area contributed by atoms with Gasteiger partial charge in [-0.15, -0.1) is 0 Å². The van der Waals surface area contributed by atoms with Crippen LogP contribution in [0.3, 0.4) is 0 Å². The summed E-state index contributed by atoms with van der Waals surface area (Å²) < 4.78 is 0. The highest BCUT2D eigenvalue weighted by Crippen LogP contribution is 2.41. The van der Waals surface area contributed by atoms with Crippen LogP contribution in [0, 0.1) is 5.92 Å². The van der Waals surface area contributed by atoms with E-state index in [1.165, 1.54) is 0 Å². The van der Waals surface area contributed by atoms with E-state index in [-0.39, 0.29) is 12.0 Å². The van der Waals surface area contributed by atoms with Gasteiger partial charge in [-0.1, -0.05) is 26.5 Å². The summed E-state index contributed by atoms with van der Waals surface area (Å²) in [6, 6.07) is 9.73. The number of carbonyl (C=O) groups excluding carboxylic acids is 1. The number of anilines is 3. The van der Waals surface area contributed by atoms with Gasteiger partial charge in [0.05, 0.1) is 23.1 Å². The molecule has 2 aromatic heterocycles. The van der Waals surface area contributed by atoms with Crippen molar-refractivity contribution in [1.82, 2.24) is 9.97 Å². The Bertz CT molecular complexity index is 882. The van der Waals surface area contributed by atoms with Gasteiger partial charge < -0.3 is 25.4 Å². The minimum atomic E-state index is -0.0644. The number of nitrogens with one attached hydrogen (secondary N) is 2. The van der Waals surface area contributed by atoms with Gasteiger partial charge in [-0.3, -0.25) is 9.98 Å². The predicted molar refractivity (Wildman–Crippen MR) is 122 cm³/mol. The molecule has 1 unspecified atom stereocenters. The highest BCUT2D eigenvalue weighted by molar-refractivity contribution is 6.14. The van der Waals surface area contributed by atoms with Crippen LogP contribution < -0.4 is 15.5 Å². The van der Waals surface area contributed by atoms with E-state index < -0.39 is 0 Å². The normalized spacial score (nSPS) is 15.1. The summed E-state index contributed by atoms with van der Waals surface area (Å²) in [6.07, 6.45) is 3.04. The van der Waals surface area contributed by atoms with Gasteiger partial charge in [0.15, 0.2) is 5.82 Å². The standard InChI is InChI=1S/C21H26N6O.CH4O/c1-14(2)19(16-8-5-6-11-23-16)27-15(3)20(24-12-7-13-28)25-17-9-10-18(22-4)26-21(17)27;1-2/h5-6,8-11,13-14,19H,3,7,12H2,1-2,4H3,(H,22,26)(H,24,25);2H,1H3. The molecule has 0 aliphatic carbocycles. The van der Waals surface area contributed by atoms with Crippen molar-refractivity contribution >= 4 is 29.4 Å². The number of rotatable bonds is 7. The monoisotopic (exact) mass is 410 g/mol. The number of carbonyl (C=O) groups is 1. The molecule has 3 heterocycles. The van der Waals surface area contributed by atoms with E-state index in [9.17, 15) is 4.79 Å². The molecule has 2 aromatic rings. The number of hydrogen-bond donors (Lipinski definition) is 3. The van der Waals surface area contributed by atoms with Gasteiger partial charge in [-0.05, 0) is 30.2 Å². The molecule has 8 nitrogen and oxygen atoms in total. The predicted octanol–water partition coefficient (Wildman–Crippen LogP) is 3.26. The lowest BCUT2D eigenvalue weighted by atomic mass is 9.96. The van der Waals surface area contributed by atoms with Gasteiger partial charge in [0.2, 0.25) is 0 Å². The first-order valence-electron chi connectivity index (χ1n) is 9.85. The summed E-state index contributed by atoms with van der Waals surface area (Å²) in [6.45, 7) is 9.01. The van der Waals surface area contributed by atoms with Crippen LogP contribution in [0.2, 0.25) is 0 Å². The van der Waals surface area contributed by atoms with Gasteiger partial charge in [-0.25, -0.2) is 4.98 Å². The molecular weight excluding hydrogens is 380 g/mol. The number of amidine groups is 1. The SMILES string of the molecule is C=C1C(=NCCC=O)Nc2ccc(NC)nc2N1C(c1ccccn1)C(C)C.CO. The summed E-state index contributed by atoms with van der Waals surface area (Å²) in [5.41, 5.74) is 2.50. The number of hydrogen-bond acceptors (Lipinski definition) is 7. The number of aliphatic hydroxyl groups excluding tert-OH is 1. The molecule has 160 valence electrons. The molecule has 30 heavy (non-hydrogen) atoms. The van der Waals surface area contributed by atoms with Crippen LogP contribution in [0.1, 0.15) is 32.0 Å². The van der Waals surface area contributed by atoms with E-state index in [4.69, 9.17) is 10.1 Å². The van der Waals surface area contributed by atoms with Crippen LogP contribution in [-0.2, 0) is 4.79 Å². The van der Waals surface area contributed by atoms with E-state index in [1.807, 2.05) is 37.4 Å². The molecule has 8 heteroatoms. The molecule has 3 N–H and O–H groups in total. The van der Waals surface area contributed by atoms with E-state index in [0.29, 0.717) is 24.5 Å². The highest BCUT2D eigenvalue weighted by Gasteiger charge is 2.35. The lowest BCUT2D eigenvalue weighted by molar-refractivity contribution is -0.107. The van der Waals surface area contributed by atoms with Gasteiger partial charge >= 0.3 is 0 Å². The van der Waals surface area contributed by atoms with Crippen LogP contribution >= 0.6 is 0 Å². The zero-order valence-electron chi connectivity index (χ0n) is 18.0. The Morgan fingerprint density at radius 2 is 2.07 bits per heavy atom. The lowest BCUT2D eigenvalue weighted by Crippen LogP contribution is -2.41. The highest BCUT2D eigenvalue weighted by atomic mass is 16.2. The van der Waals surface area contributed by atoms with Crippen molar-refractivity contribution in [2.75, 3.05) is 36.2 Å². The van der Waals surface area contributed by atoms with E-state index in [0.717, 1.165) is 36.4 Å². The molecule has 0 bridgehead atoms. The summed E-state index contributed by atoms with van der Waals surface area (Å²) in [5.74, 6) is 2.43. The molecule has 0 aromatic carbocycles. The minimum absolute atomic E-state index is 0.0644. The van der Waals surface area contributed by atoms with Crippen molar-refractivity contribution in [2.45, 2.75) is 26.3 Å². The van der Waals surface area contributed by atoms with E-state index in [2.05, 4.69) is 45.9 Å². The third-order valence-electron chi connectivity index (χ3n) is 4.59. The summed E-state index contributed by atoms with van der Waals surface area (Å²) in [4.78, 5) is 26.7. The Morgan fingerprint density at radius 3 is 2.67 bits per heavy atom. The quantitative estimate of drug-likeness (QED) is 0.475. The molecule has 1 aliphatic rings. The van der Waals surface area contributed by atoms with Gasteiger partial charge in [0.25, 0.3) is 0 Å². The van der Waals surface area contributed by atoms with Gasteiger partial charge in [0, 0.05) is 33.3 Å². The van der Waals surface area contributed by atoms with Crippen molar-refractivity contribution in [3.05, 3.63) is 54.5 Å². The van der Waals surface area contributed by atoms with Crippen LogP contribution in [-0.4, -0.2) is 47.9 Å². The topological polar surface area (TPSA) is 103 Å². The summed E-state index contributed by atoms with van der Waals surface area (Å²) in [5, 5.41) is 13.4. The maximum absolute atomic E-state index is 10.7. The van der Waals surface area contributed by atoms with Crippen LogP contribution in [0.4, 0.5) is 17.3 Å². The molecule has 0 saturated carbocycles. The largest absolute Gasteiger partial charge is 0.400 e. The van der Waals surface area contributed by atoms with Crippen molar-refractivity contribution in [2.24, 2.45) is 10.9 Å². The Balaban J connectivity index is 0.00000155. The smallest absolute Gasteiger partial charge is 0.160 e. The second-order valence-corrected chi connectivity index (χ2v) is 6.89. The average Bonchev–Trinajstić information content (AvgIpc) is 2.78. The Hall–Kier alpha value is -3.26. The Labute approximate surface area is 177 Å². The molecule has 1 aliphatic heterocycles. The lowest BCUT2D eigenvalue weighted by Gasteiger charge is -2.40. The number of nitrogens with zero attached hydrogens (tertiary/aromatic N) is 4. The number of pyridine rings is 2. The third-order valence-corrected chi connectivity index (χ3v) is 4.59. The fourth-order valence-corrected chi connectivity index (χ4v) is 3.29. The number of fused-ring (bicyclic) bond motifs is 1. The molecule has 0 radical (unpaired) electrons. The molecule has 0 saturated heterocycles. The van der Waals surface area contributed by atoms with Crippen LogP contribution in [0.15, 0.2) is 53.8 Å². The molecule has 0 amide bonds. The Kier molecular flexibility index (Phi) is 8.49. The van der Waals surface area contributed by atoms with Crippen LogP contribution in [0.5, 0.6) is 0 Å². The Morgan fingerprint density at radius 1 is 1.30 bits per heavy atom. The second kappa shape index (κ2) is 11.1. The molecule has 3 rings (SSSR count). The molecular formula is C22H30N6O2. The third kappa shape index (κ3) is 5.01. The second-order valence-electron chi connectivity index (χ2n) is 6.89. The fourth-order valence-electron chi connectivity index (χ4n) is 3.29. The number of aliphatic hydroxyl groups is 1. The summed E-state index contributed by atoms with van der Waals surface area (Å²) >= 11 is 0. The van der Waals surface area contributed by atoms with Crippen molar-refractivity contribution in [3.63, 3.8) is 0 Å². The first kappa shape index (κ1) is 23.0. The van der Waals surface area contributed by atoms with Gasteiger partial charge in [-0.2, -0.15) is 0 Å². The first-order chi connectivity index (χ1) is 14.6. The first-order valence-corrected chi connectivity index (χ1v) is 9.85. The average molecular weight is 411 g/mol. The van der Waals surface area contributed by atoms with Crippen molar-refractivity contribution < 1.29 is 9.90 Å². The molecule has 0 fully saturated rings. The summed E-state index contributed by atoms with van der Waals surface area (Å²) in [7, 11) is 2.84. The molecule has 1 atom stereocenters. The van der Waals surface area contributed by atoms with E-state index >= 15 is 0 Å². The van der Waals surface area contributed by atoms with Crippen molar-refractivity contribution in [1.29, 1.82) is 0 Å². The van der Waals surface area contributed by atoms with Crippen LogP contribution in [0.25, 0.3) is 0 Å². The number of aldehydes is 1. The maximum atomic E-state index is 10.7. The number of aromatic nitrogens is 2. The fraction of sp³-hybridized carbons (Fsp3) is 0.364. The van der Waals surface area contributed by atoms with E-state index in [1.54, 1.807) is 6.20 Å². The number of aliphatic imine (C=N–C) groups is 1. The van der Waals surface area contributed by atoms with Crippen molar-refractivity contribution in [3.8, 4) is 0 Å². The van der Waals surface area contributed by atoms with Gasteiger partial charge in [0.1, 0.15) is 17.9 Å². The zero-order valence-corrected chi connectivity index (χ0v) is 18.0.